The highest BCUT2D eigenvalue weighted by molar-refractivity contribution is 5.36. The second kappa shape index (κ2) is 7.85. The molecule has 1 aliphatic rings. The predicted molar refractivity (Wildman–Crippen MR) is 77.6 cm³/mol. The highest BCUT2D eigenvalue weighted by Gasteiger charge is 2.13. The van der Waals surface area contributed by atoms with Crippen molar-refractivity contribution in [1.29, 1.82) is 0 Å². The Morgan fingerprint density at radius 2 is 2.10 bits per heavy atom. The van der Waals surface area contributed by atoms with Gasteiger partial charge < -0.3 is 14.7 Å². The smallest absolute Gasteiger partial charge is 0.138 e. The van der Waals surface area contributed by atoms with Crippen molar-refractivity contribution in [3.63, 3.8) is 0 Å². The first kappa shape index (κ1) is 14.8. The number of hydrogen-bond acceptors (Lipinski definition) is 5. The van der Waals surface area contributed by atoms with E-state index in [9.17, 15) is 0 Å². The van der Waals surface area contributed by atoms with Crippen LogP contribution in [-0.4, -0.2) is 72.9 Å². The van der Waals surface area contributed by atoms with Gasteiger partial charge in [-0.1, -0.05) is 11.8 Å². The molecule has 1 fully saturated rings. The van der Waals surface area contributed by atoms with Gasteiger partial charge in [-0.25, -0.2) is 0 Å². The Hall–Kier alpha value is -1.61. The molecule has 1 saturated heterocycles. The Morgan fingerprint density at radius 3 is 2.85 bits per heavy atom. The first-order chi connectivity index (χ1) is 9.78. The molecule has 2 rings (SSSR count). The van der Waals surface area contributed by atoms with Gasteiger partial charge in [0, 0.05) is 44.5 Å². The lowest BCUT2D eigenvalue weighted by atomic mass is 10.3. The van der Waals surface area contributed by atoms with Gasteiger partial charge in [-0.2, -0.15) is 0 Å². The molecule has 0 amide bonds. The molecule has 1 aliphatic heterocycles. The summed E-state index contributed by atoms with van der Waals surface area (Å²) in [7, 11) is 2.15. The van der Waals surface area contributed by atoms with Crippen LogP contribution in [-0.2, 0) is 0 Å². The van der Waals surface area contributed by atoms with Crippen LogP contribution in [0.3, 0.4) is 0 Å². The van der Waals surface area contributed by atoms with Crippen molar-refractivity contribution in [2.45, 2.75) is 0 Å². The van der Waals surface area contributed by atoms with Crippen molar-refractivity contribution in [1.82, 2.24) is 14.8 Å². The van der Waals surface area contributed by atoms with Crippen LogP contribution in [0.4, 0.5) is 0 Å². The predicted octanol–water partition coefficient (Wildman–Crippen LogP) is 0.0516. The minimum absolute atomic E-state index is 0.144. The monoisotopic (exact) mass is 275 g/mol. The Bertz CT molecular complexity index is 473. The Morgan fingerprint density at radius 1 is 1.30 bits per heavy atom. The molecule has 20 heavy (non-hydrogen) atoms. The van der Waals surface area contributed by atoms with E-state index in [1.807, 2.05) is 6.07 Å². The van der Waals surface area contributed by atoms with E-state index in [-0.39, 0.29) is 6.61 Å². The molecule has 0 spiro atoms. The van der Waals surface area contributed by atoms with E-state index < -0.39 is 0 Å². The first-order valence-electron chi connectivity index (χ1n) is 6.86. The molecule has 0 radical (unpaired) electrons. The van der Waals surface area contributed by atoms with Gasteiger partial charge in [-0.3, -0.25) is 9.88 Å². The van der Waals surface area contributed by atoms with Gasteiger partial charge in [-0.05, 0) is 13.1 Å². The van der Waals surface area contributed by atoms with Crippen molar-refractivity contribution in [3.05, 3.63) is 24.0 Å². The number of ether oxygens (including phenoxy) is 1. The molecule has 0 unspecified atom stereocenters. The second-order valence-electron chi connectivity index (χ2n) is 4.86. The van der Waals surface area contributed by atoms with Crippen LogP contribution >= 0.6 is 0 Å². The van der Waals surface area contributed by atoms with Crippen LogP contribution in [0.5, 0.6) is 5.75 Å². The van der Waals surface area contributed by atoms with Gasteiger partial charge in [0.1, 0.15) is 19.0 Å². The van der Waals surface area contributed by atoms with E-state index >= 15 is 0 Å². The fourth-order valence-corrected chi connectivity index (χ4v) is 2.07. The number of rotatable bonds is 4. The molecule has 0 aromatic carbocycles. The summed E-state index contributed by atoms with van der Waals surface area (Å²) in [6, 6.07) is 1.85. The average molecular weight is 275 g/mol. The zero-order valence-corrected chi connectivity index (χ0v) is 11.9. The van der Waals surface area contributed by atoms with Gasteiger partial charge >= 0.3 is 0 Å². The van der Waals surface area contributed by atoms with Crippen LogP contribution in [0.2, 0.25) is 0 Å². The number of aliphatic hydroxyl groups is 1. The minimum atomic E-state index is -0.144. The number of pyridine rings is 1. The highest BCUT2D eigenvalue weighted by atomic mass is 16.5. The standard InChI is InChI=1S/C15H21N3O2/c1-17-4-6-18(7-5-17)8-10-20-15-11-14(3-2-9-19)12-16-13-15/h11-13,19H,4-10H2,1H3. The first-order valence-corrected chi connectivity index (χ1v) is 6.86. The van der Waals surface area contributed by atoms with Crippen LogP contribution in [0.25, 0.3) is 0 Å². The van der Waals surface area contributed by atoms with Gasteiger partial charge in [-0.15, -0.1) is 0 Å². The summed E-state index contributed by atoms with van der Waals surface area (Å²) in [5.41, 5.74) is 0.760. The maximum Gasteiger partial charge on any atom is 0.138 e. The summed E-state index contributed by atoms with van der Waals surface area (Å²) in [4.78, 5) is 8.83. The molecular weight excluding hydrogens is 254 g/mol. The average Bonchev–Trinajstić information content (AvgIpc) is 2.48. The third kappa shape index (κ3) is 4.82. The molecule has 0 aliphatic carbocycles. The molecule has 2 heterocycles. The largest absolute Gasteiger partial charge is 0.491 e. The van der Waals surface area contributed by atoms with E-state index in [0.717, 1.165) is 44.0 Å². The summed E-state index contributed by atoms with van der Waals surface area (Å²) >= 11 is 0. The Balaban J connectivity index is 1.76. The number of hydrogen-bond donors (Lipinski definition) is 1. The molecule has 1 N–H and O–H groups in total. The quantitative estimate of drug-likeness (QED) is 0.787. The van der Waals surface area contributed by atoms with Crippen LogP contribution in [0, 0.1) is 11.8 Å². The van der Waals surface area contributed by atoms with Crippen molar-refractivity contribution >= 4 is 0 Å². The van der Waals surface area contributed by atoms with Gasteiger partial charge in [0.15, 0.2) is 0 Å². The van der Waals surface area contributed by atoms with Crippen molar-refractivity contribution in [3.8, 4) is 17.6 Å². The second-order valence-corrected chi connectivity index (χ2v) is 4.86. The molecule has 1 aromatic rings. The lowest BCUT2D eigenvalue weighted by Gasteiger charge is -2.32. The fraction of sp³-hybridized carbons (Fsp3) is 0.533. The summed E-state index contributed by atoms with van der Waals surface area (Å²) < 4.78 is 5.71. The Kier molecular flexibility index (Phi) is 5.81. The third-order valence-corrected chi connectivity index (χ3v) is 3.30. The maximum absolute atomic E-state index is 8.67. The van der Waals surface area contributed by atoms with E-state index in [1.54, 1.807) is 12.4 Å². The van der Waals surface area contributed by atoms with Gasteiger partial charge in [0.05, 0.1) is 6.20 Å². The maximum atomic E-state index is 8.67. The minimum Gasteiger partial charge on any atom is -0.491 e. The third-order valence-electron chi connectivity index (χ3n) is 3.30. The van der Waals surface area contributed by atoms with E-state index in [0.29, 0.717) is 6.61 Å². The van der Waals surface area contributed by atoms with Crippen LogP contribution < -0.4 is 4.74 Å². The summed E-state index contributed by atoms with van der Waals surface area (Å²) in [5.74, 6) is 6.15. The van der Waals surface area contributed by atoms with E-state index in [4.69, 9.17) is 9.84 Å². The normalized spacial score (nSPS) is 16.5. The molecule has 108 valence electrons. The molecular formula is C15H21N3O2. The lowest BCUT2D eigenvalue weighted by Crippen LogP contribution is -2.45. The summed E-state index contributed by atoms with van der Waals surface area (Å²) in [5, 5.41) is 8.67. The molecule has 0 atom stereocenters. The fourth-order valence-electron chi connectivity index (χ4n) is 2.07. The Labute approximate surface area is 120 Å². The van der Waals surface area contributed by atoms with E-state index in [1.165, 1.54) is 0 Å². The molecule has 5 heteroatoms. The molecule has 5 nitrogen and oxygen atoms in total. The highest BCUT2D eigenvalue weighted by Crippen LogP contribution is 2.10. The van der Waals surface area contributed by atoms with Crippen LogP contribution in [0.15, 0.2) is 18.5 Å². The number of nitrogens with zero attached hydrogens (tertiary/aromatic N) is 3. The molecule has 0 saturated carbocycles. The zero-order valence-electron chi connectivity index (χ0n) is 11.9. The van der Waals surface area contributed by atoms with Crippen molar-refractivity contribution in [2.24, 2.45) is 0 Å². The zero-order chi connectivity index (χ0) is 14.2. The number of piperazine rings is 1. The molecule has 0 bridgehead atoms. The SMILES string of the molecule is CN1CCN(CCOc2cncc(C#CCO)c2)CC1. The number of aromatic nitrogens is 1. The number of likely N-dealkylation sites (N-methyl/N-ethyl adjacent to an activating group) is 1. The molecule has 1 aromatic heterocycles. The van der Waals surface area contributed by atoms with Gasteiger partial charge in [0.25, 0.3) is 0 Å². The van der Waals surface area contributed by atoms with Gasteiger partial charge in [0.2, 0.25) is 0 Å². The summed E-state index contributed by atoms with van der Waals surface area (Å²) in [6.45, 7) is 5.87. The van der Waals surface area contributed by atoms with Crippen LogP contribution in [0.1, 0.15) is 5.56 Å². The summed E-state index contributed by atoms with van der Waals surface area (Å²) in [6.07, 6.45) is 3.35. The van der Waals surface area contributed by atoms with E-state index in [2.05, 4.69) is 33.7 Å². The topological polar surface area (TPSA) is 48.8 Å². The van der Waals surface area contributed by atoms with Crippen molar-refractivity contribution < 1.29 is 9.84 Å². The number of aliphatic hydroxyl groups excluding tert-OH is 1. The lowest BCUT2D eigenvalue weighted by molar-refractivity contribution is 0.133. The van der Waals surface area contributed by atoms with Crippen molar-refractivity contribution in [2.75, 3.05) is 53.0 Å².